The fraction of sp³-hybridized carbons (Fsp3) is 0.241. The van der Waals surface area contributed by atoms with Crippen molar-refractivity contribution >= 4 is 44.7 Å². The van der Waals surface area contributed by atoms with Gasteiger partial charge in [-0.2, -0.15) is 0 Å². The highest BCUT2D eigenvalue weighted by atomic mass is 35.5. The van der Waals surface area contributed by atoms with Crippen LogP contribution in [0.4, 0.5) is 15.9 Å². The van der Waals surface area contributed by atoms with E-state index in [1.165, 1.54) is 12.1 Å². The Labute approximate surface area is 234 Å². The minimum atomic E-state index is -0.298. The first-order valence-corrected chi connectivity index (χ1v) is 13.9. The molecule has 0 aliphatic carbocycles. The number of nitrogens with one attached hydrogen (secondary N) is 1. The molecule has 1 aliphatic heterocycles. The lowest BCUT2D eigenvalue weighted by Gasteiger charge is -2.31. The van der Waals surface area contributed by atoms with Crippen LogP contribution in [-0.2, 0) is 13.2 Å². The SMILES string of the molecule is CN1CCN(Cc2ccc(-c3cc4ncnc(Nc5ccc(OCc6cccc(F)c6)c(Cl)c5)c4s3)o2)CC1. The van der Waals surface area contributed by atoms with Crippen LogP contribution >= 0.6 is 22.9 Å². The number of hydrogen-bond donors (Lipinski definition) is 1. The van der Waals surface area contributed by atoms with E-state index < -0.39 is 0 Å². The number of benzene rings is 2. The van der Waals surface area contributed by atoms with Crippen molar-refractivity contribution in [2.75, 3.05) is 38.5 Å². The molecule has 0 atom stereocenters. The van der Waals surface area contributed by atoms with Crippen molar-refractivity contribution in [3.8, 4) is 16.4 Å². The predicted octanol–water partition coefficient (Wildman–Crippen LogP) is 6.81. The van der Waals surface area contributed by atoms with Crippen molar-refractivity contribution in [3.05, 3.63) is 89.2 Å². The van der Waals surface area contributed by atoms with Gasteiger partial charge in [0.05, 0.1) is 26.7 Å². The zero-order valence-electron chi connectivity index (χ0n) is 21.4. The Hall–Kier alpha value is -3.50. The van der Waals surface area contributed by atoms with Crippen LogP contribution in [0.25, 0.3) is 20.9 Å². The van der Waals surface area contributed by atoms with Gasteiger partial charge in [-0.05, 0) is 61.1 Å². The highest BCUT2D eigenvalue weighted by molar-refractivity contribution is 7.22. The molecule has 39 heavy (non-hydrogen) atoms. The average Bonchev–Trinajstić information content (AvgIpc) is 3.57. The number of halogens is 2. The highest BCUT2D eigenvalue weighted by Gasteiger charge is 2.17. The van der Waals surface area contributed by atoms with Gasteiger partial charge in [0.15, 0.2) is 5.82 Å². The zero-order chi connectivity index (χ0) is 26.8. The van der Waals surface area contributed by atoms with Crippen molar-refractivity contribution in [2.24, 2.45) is 0 Å². The Balaban J connectivity index is 1.15. The summed E-state index contributed by atoms with van der Waals surface area (Å²) in [4.78, 5) is 14.7. The standard InChI is InChI=1S/C29H27ClFN5O2S/c1-35-9-11-36(12-10-35)16-22-6-8-26(38-22)27-15-24-28(39-27)29(33-18-32-24)34-21-5-7-25(23(30)14-21)37-17-19-3-2-4-20(31)13-19/h2-8,13-15,18H,9-12,16-17H2,1H3,(H,32,33,34). The first kappa shape index (κ1) is 25.8. The minimum absolute atomic E-state index is 0.221. The molecule has 7 nitrogen and oxygen atoms in total. The highest BCUT2D eigenvalue weighted by Crippen LogP contribution is 2.38. The molecule has 3 aromatic heterocycles. The van der Waals surface area contributed by atoms with Gasteiger partial charge >= 0.3 is 0 Å². The molecule has 1 N–H and O–H groups in total. The summed E-state index contributed by atoms with van der Waals surface area (Å²) in [6, 6.07) is 17.8. The molecular formula is C29H27ClFN5O2S. The molecule has 0 spiro atoms. The lowest BCUT2D eigenvalue weighted by molar-refractivity contribution is 0.140. The van der Waals surface area contributed by atoms with Gasteiger partial charge in [-0.25, -0.2) is 14.4 Å². The van der Waals surface area contributed by atoms with Gasteiger partial charge in [0, 0.05) is 31.9 Å². The molecule has 1 saturated heterocycles. The topological polar surface area (TPSA) is 66.7 Å². The second-order valence-corrected chi connectivity index (χ2v) is 11.0. The number of aromatic nitrogens is 2. The predicted molar refractivity (Wildman–Crippen MR) is 153 cm³/mol. The average molecular weight is 564 g/mol. The van der Waals surface area contributed by atoms with Gasteiger partial charge in [0.1, 0.15) is 36.0 Å². The van der Waals surface area contributed by atoms with E-state index in [0.29, 0.717) is 16.6 Å². The Bertz CT molecular complexity index is 1600. The third-order valence-electron chi connectivity index (χ3n) is 6.67. The first-order valence-electron chi connectivity index (χ1n) is 12.7. The molecule has 0 amide bonds. The number of likely N-dealkylation sites (N-methyl/N-ethyl adjacent to an activating group) is 1. The number of hydrogen-bond acceptors (Lipinski definition) is 8. The number of anilines is 2. The van der Waals surface area contributed by atoms with Crippen LogP contribution in [0.3, 0.4) is 0 Å². The summed E-state index contributed by atoms with van der Waals surface area (Å²) in [6.45, 7) is 5.28. The molecule has 1 fully saturated rings. The van der Waals surface area contributed by atoms with E-state index >= 15 is 0 Å². The molecule has 0 unspecified atom stereocenters. The number of thiophene rings is 1. The number of rotatable bonds is 8. The number of piperazine rings is 1. The largest absolute Gasteiger partial charge is 0.487 e. The van der Waals surface area contributed by atoms with E-state index in [2.05, 4.69) is 38.2 Å². The maximum absolute atomic E-state index is 13.4. The van der Waals surface area contributed by atoms with Gasteiger partial charge in [-0.1, -0.05) is 23.7 Å². The molecule has 0 bridgehead atoms. The maximum atomic E-state index is 13.4. The Morgan fingerprint density at radius 2 is 1.92 bits per heavy atom. The van der Waals surface area contributed by atoms with Gasteiger partial charge in [0.25, 0.3) is 0 Å². The summed E-state index contributed by atoms with van der Waals surface area (Å²) in [6.07, 6.45) is 1.54. The quantitative estimate of drug-likeness (QED) is 0.222. The van der Waals surface area contributed by atoms with E-state index in [9.17, 15) is 4.39 Å². The van der Waals surface area contributed by atoms with Crippen molar-refractivity contribution in [1.29, 1.82) is 0 Å². The monoisotopic (exact) mass is 563 g/mol. The Kier molecular flexibility index (Phi) is 7.47. The van der Waals surface area contributed by atoms with Crippen molar-refractivity contribution in [3.63, 3.8) is 0 Å². The fourth-order valence-electron chi connectivity index (χ4n) is 4.51. The van der Waals surface area contributed by atoms with E-state index in [1.54, 1.807) is 41.9 Å². The molecule has 10 heteroatoms. The summed E-state index contributed by atoms with van der Waals surface area (Å²) in [5.41, 5.74) is 2.33. The number of ether oxygens (including phenoxy) is 1. The molecule has 200 valence electrons. The number of fused-ring (bicyclic) bond motifs is 1. The van der Waals surface area contributed by atoms with Gasteiger partial charge in [-0.15, -0.1) is 11.3 Å². The van der Waals surface area contributed by atoms with Crippen molar-refractivity contribution in [1.82, 2.24) is 19.8 Å². The molecule has 4 heterocycles. The zero-order valence-corrected chi connectivity index (χ0v) is 22.9. The molecule has 5 aromatic rings. The molecule has 6 rings (SSSR count). The lowest BCUT2D eigenvalue weighted by atomic mass is 10.2. The van der Waals surface area contributed by atoms with E-state index in [1.807, 2.05) is 18.2 Å². The normalized spacial score (nSPS) is 14.6. The summed E-state index contributed by atoms with van der Waals surface area (Å²) >= 11 is 8.07. The molecule has 0 saturated carbocycles. The van der Waals surface area contributed by atoms with Crippen LogP contribution in [0.5, 0.6) is 5.75 Å². The number of nitrogens with zero attached hydrogens (tertiary/aromatic N) is 4. The van der Waals surface area contributed by atoms with Gasteiger partial charge < -0.3 is 19.4 Å². The molecule has 0 radical (unpaired) electrons. The third-order valence-corrected chi connectivity index (χ3v) is 8.11. The third kappa shape index (κ3) is 6.07. The Morgan fingerprint density at radius 1 is 1.05 bits per heavy atom. The van der Waals surface area contributed by atoms with Crippen LogP contribution < -0.4 is 10.1 Å². The number of furan rings is 1. The summed E-state index contributed by atoms with van der Waals surface area (Å²) in [7, 11) is 2.16. The molecule has 2 aromatic carbocycles. The van der Waals surface area contributed by atoms with Crippen LogP contribution in [-0.4, -0.2) is 53.0 Å². The summed E-state index contributed by atoms with van der Waals surface area (Å²) in [5, 5.41) is 3.79. The summed E-state index contributed by atoms with van der Waals surface area (Å²) < 4.78 is 26.4. The smallest absolute Gasteiger partial charge is 0.151 e. The molecular weight excluding hydrogens is 537 g/mol. The lowest BCUT2D eigenvalue weighted by Crippen LogP contribution is -2.43. The van der Waals surface area contributed by atoms with Crippen LogP contribution in [0.15, 0.2) is 71.4 Å². The van der Waals surface area contributed by atoms with Crippen LogP contribution in [0.1, 0.15) is 11.3 Å². The first-order chi connectivity index (χ1) is 19.0. The van der Waals surface area contributed by atoms with E-state index in [-0.39, 0.29) is 12.4 Å². The minimum Gasteiger partial charge on any atom is -0.487 e. The van der Waals surface area contributed by atoms with E-state index in [4.69, 9.17) is 20.8 Å². The van der Waals surface area contributed by atoms with Crippen molar-refractivity contribution < 1.29 is 13.5 Å². The molecule has 1 aliphatic rings. The van der Waals surface area contributed by atoms with Crippen molar-refractivity contribution in [2.45, 2.75) is 13.2 Å². The summed E-state index contributed by atoms with van der Waals surface area (Å²) in [5.74, 6) is 2.70. The fourth-order valence-corrected chi connectivity index (χ4v) is 5.76. The second-order valence-electron chi connectivity index (χ2n) is 9.58. The van der Waals surface area contributed by atoms with E-state index in [0.717, 1.165) is 70.6 Å². The van der Waals surface area contributed by atoms with Gasteiger partial charge in [0.2, 0.25) is 0 Å². The van der Waals surface area contributed by atoms with Crippen LogP contribution in [0, 0.1) is 5.82 Å². The maximum Gasteiger partial charge on any atom is 0.151 e. The second kappa shape index (κ2) is 11.3. The Morgan fingerprint density at radius 3 is 2.74 bits per heavy atom. The van der Waals surface area contributed by atoms with Crippen LogP contribution in [0.2, 0.25) is 5.02 Å². The van der Waals surface area contributed by atoms with Gasteiger partial charge in [-0.3, -0.25) is 4.90 Å².